The third-order valence-electron chi connectivity index (χ3n) is 6.26. The van der Waals surface area contributed by atoms with E-state index < -0.39 is 14.6 Å². The molecule has 1 atom stereocenters. The van der Waals surface area contributed by atoms with Gasteiger partial charge in [0.1, 0.15) is 5.82 Å². The summed E-state index contributed by atoms with van der Waals surface area (Å²) in [5, 5.41) is 3.13. The van der Waals surface area contributed by atoms with Gasteiger partial charge in [-0.05, 0) is 63.7 Å². The quantitative estimate of drug-likeness (QED) is 0.587. The van der Waals surface area contributed by atoms with Gasteiger partial charge in [0.05, 0.1) is 46.4 Å². The van der Waals surface area contributed by atoms with E-state index in [1.165, 1.54) is 6.26 Å². The molecule has 8 nitrogen and oxygen atoms in total. The molecule has 0 radical (unpaired) electrons. The summed E-state index contributed by atoms with van der Waals surface area (Å²) in [7, 11) is -1.46. The fraction of sp³-hybridized carbons (Fsp3) is 0.478. The Morgan fingerprint density at radius 2 is 2.00 bits per heavy atom. The highest BCUT2D eigenvalue weighted by Gasteiger charge is 2.34. The van der Waals surface area contributed by atoms with Crippen molar-refractivity contribution in [3.8, 4) is 11.4 Å². The van der Waals surface area contributed by atoms with E-state index in [9.17, 15) is 8.42 Å². The van der Waals surface area contributed by atoms with E-state index in [4.69, 9.17) is 14.7 Å². The zero-order valence-corrected chi connectivity index (χ0v) is 20.1. The van der Waals surface area contributed by atoms with Gasteiger partial charge < -0.3 is 19.9 Å². The van der Waals surface area contributed by atoms with Crippen LogP contribution in [-0.2, 0) is 25.9 Å². The van der Waals surface area contributed by atoms with Crippen LogP contribution in [0.1, 0.15) is 32.0 Å². The number of aromatic nitrogens is 3. The van der Waals surface area contributed by atoms with Gasteiger partial charge in [-0.1, -0.05) is 0 Å². The van der Waals surface area contributed by atoms with Gasteiger partial charge in [0.2, 0.25) is 0 Å². The minimum Gasteiger partial charge on any atom is -0.377 e. The van der Waals surface area contributed by atoms with Crippen molar-refractivity contribution in [3.05, 3.63) is 41.6 Å². The Labute approximate surface area is 189 Å². The first kappa shape index (κ1) is 22.7. The maximum Gasteiger partial charge on any atom is 0.156 e. The molecule has 1 aliphatic rings. The van der Waals surface area contributed by atoms with Crippen molar-refractivity contribution in [2.45, 2.75) is 38.1 Å². The number of morpholine rings is 1. The second-order valence-corrected chi connectivity index (χ2v) is 11.5. The number of rotatable bonds is 6. The third kappa shape index (κ3) is 4.24. The molecular weight excluding hydrogens is 426 g/mol. The molecule has 0 bridgehead atoms. The number of ether oxygens (including phenoxy) is 1. The Hall–Kier alpha value is -2.49. The molecule has 4 rings (SSSR count). The maximum absolute atomic E-state index is 12.6. The van der Waals surface area contributed by atoms with Crippen LogP contribution in [0.5, 0.6) is 0 Å². The number of pyridine rings is 2. The Balaban J connectivity index is 1.86. The highest BCUT2D eigenvalue weighted by Crippen LogP contribution is 2.34. The van der Waals surface area contributed by atoms with Crippen molar-refractivity contribution in [2.75, 3.05) is 38.0 Å². The summed E-state index contributed by atoms with van der Waals surface area (Å²) in [5.74, 6) is 0.747. The molecule has 32 heavy (non-hydrogen) atoms. The molecule has 3 aromatic heterocycles. The molecule has 1 fully saturated rings. The van der Waals surface area contributed by atoms with Crippen LogP contribution in [-0.4, -0.2) is 62.5 Å². The van der Waals surface area contributed by atoms with E-state index in [2.05, 4.69) is 22.1 Å². The summed E-state index contributed by atoms with van der Waals surface area (Å²) in [6.45, 7) is 8.21. The Morgan fingerprint density at radius 1 is 1.22 bits per heavy atom. The lowest BCUT2D eigenvalue weighted by atomic mass is 10.0. The predicted octanol–water partition coefficient (Wildman–Crippen LogP) is 2.85. The molecule has 2 N–H and O–H groups in total. The zero-order valence-electron chi connectivity index (χ0n) is 19.3. The molecule has 172 valence electrons. The lowest BCUT2D eigenvalue weighted by Gasteiger charge is -2.35. The van der Waals surface area contributed by atoms with Crippen LogP contribution in [0.25, 0.3) is 22.4 Å². The van der Waals surface area contributed by atoms with E-state index in [0.29, 0.717) is 36.7 Å². The average molecular weight is 458 g/mol. The van der Waals surface area contributed by atoms with E-state index >= 15 is 0 Å². The average Bonchev–Trinajstić information content (AvgIpc) is 3.15. The highest BCUT2D eigenvalue weighted by atomic mass is 32.2. The summed E-state index contributed by atoms with van der Waals surface area (Å²) in [4.78, 5) is 15.3. The van der Waals surface area contributed by atoms with Crippen LogP contribution in [0.4, 0.5) is 5.82 Å². The molecule has 0 amide bonds. The van der Waals surface area contributed by atoms with Crippen LogP contribution >= 0.6 is 0 Å². The van der Waals surface area contributed by atoms with Crippen LogP contribution in [0.15, 0.2) is 30.3 Å². The molecule has 0 aliphatic carbocycles. The molecule has 1 aliphatic heterocycles. The number of hydrogen-bond donors (Lipinski definition) is 2. The van der Waals surface area contributed by atoms with Gasteiger partial charge in [-0.2, -0.15) is 0 Å². The largest absolute Gasteiger partial charge is 0.377 e. The molecular formula is C23H31N5O3S. The lowest BCUT2D eigenvalue weighted by molar-refractivity contribution is 0.0985. The van der Waals surface area contributed by atoms with Gasteiger partial charge in [-0.25, -0.2) is 18.4 Å². The summed E-state index contributed by atoms with van der Waals surface area (Å²) < 4.78 is 29.7. The van der Waals surface area contributed by atoms with Crippen molar-refractivity contribution in [2.24, 2.45) is 0 Å². The fourth-order valence-electron chi connectivity index (χ4n) is 3.92. The highest BCUT2D eigenvalue weighted by molar-refractivity contribution is 7.91. The molecule has 0 unspecified atom stereocenters. The van der Waals surface area contributed by atoms with E-state index in [1.807, 2.05) is 37.4 Å². The van der Waals surface area contributed by atoms with Gasteiger partial charge >= 0.3 is 0 Å². The van der Waals surface area contributed by atoms with Gasteiger partial charge in [-0.15, -0.1) is 0 Å². The number of nitrogens with zero attached hydrogens (tertiary/aromatic N) is 3. The molecule has 1 saturated heterocycles. The van der Waals surface area contributed by atoms with Crippen molar-refractivity contribution in [1.82, 2.24) is 20.3 Å². The van der Waals surface area contributed by atoms with Gasteiger partial charge in [0.25, 0.3) is 0 Å². The van der Waals surface area contributed by atoms with Crippen LogP contribution in [0.2, 0.25) is 0 Å². The zero-order chi connectivity index (χ0) is 23.1. The Morgan fingerprint density at radius 3 is 2.69 bits per heavy atom. The third-order valence-corrected chi connectivity index (χ3v) is 8.35. The maximum atomic E-state index is 12.6. The number of aromatic amines is 1. The molecule has 0 spiro atoms. The topological polar surface area (TPSA) is 100 Å². The van der Waals surface area contributed by atoms with Crippen molar-refractivity contribution < 1.29 is 13.2 Å². The standard InChI is InChI=1S/C23H31N5O3S/c1-15-14-31-9-8-28(15)22-11-16(23(2,3)32(5,29)30)10-20(27-22)19-7-6-18-21(26-19)12-17(25-18)13-24-4/h6-7,10-12,15,24-25H,8-9,13-14H2,1-5H3/t15-/m0/s1. The normalized spacial score (nSPS) is 17.8. The summed E-state index contributed by atoms with van der Waals surface area (Å²) in [6, 6.07) is 9.82. The van der Waals surface area contributed by atoms with Crippen LogP contribution in [0, 0.1) is 0 Å². The van der Waals surface area contributed by atoms with Crippen molar-refractivity contribution >= 4 is 26.7 Å². The van der Waals surface area contributed by atoms with Gasteiger partial charge in [0.15, 0.2) is 9.84 Å². The van der Waals surface area contributed by atoms with E-state index in [1.54, 1.807) is 13.8 Å². The van der Waals surface area contributed by atoms with Crippen molar-refractivity contribution in [3.63, 3.8) is 0 Å². The lowest BCUT2D eigenvalue weighted by Crippen LogP contribution is -2.44. The number of nitrogens with one attached hydrogen (secondary N) is 2. The second-order valence-electron chi connectivity index (χ2n) is 8.95. The number of fused-ring (bicyclic) bond motifs is 1. The minimum atomic E-state index is -3.36. The fourth-order valence-corrected chi connectivity index (χ4v) is 4.46. The molecule has 3 aromatic rings. The first-order valence-electron chi connectivity index (χ1n) is 10.8. The summed E-state index contributed by atoms with van der Waals surface area (Å²) >= 11 is 0. The van der Waals surface area contributed by atoms with E-state index in [-0.39, 0.29) is 6.04 Å². The van der Waals surface area contributed by atoms with Gasteiger partial charge in [0, 0.05) is 25.0 Å². The Bertz CT molecular complexity index is 1240. The number of hydrogen-bond acceptors (Lipinski definition) is 7. The number of anilines is 1. The SMILES string of the molecule is CNCc1cc2nc(-c3cc(C(C)(C)S(C)(=O)=O)cc(N4CCOC[C@@H]4C)n3)ccc2[nH]1. The number of sulfone groups is 1. The summed E-state index contributed by atoms with van der Waals surface area (Å²) in [5.41, 5.74) is 4.92. The molecule has 9 heteroatoms. The first-order valence-corrected chi connectivity index (χ1v) is 12.7. The first-order chi connectivity index (χ1) is 15.1. The van der Waals surface area contributed by atoms with E-state index in [0.717, 1.165) is 29.1 Å². The Kier molecular flexibility index (Phi) is 6.00. The second kappa shape index (κ2) is 8.46. The number of H-pyrrole nitrogens is 1. The van der Waals surface area contributed by atoms with Crippen molar-refractivity contribution in [1.29, 1.82) is 0 Å². The van der Waals surface area contributed by atoms with Gasteiger partial charge in [-0.3, -0.25) is 0 Å². The predicted molar refractivity (Wildman–Crippen MR) is 128 cm³/mol. The summed E-state index contributed by atoms with van der Waals surface area (Å²) in [6.07, 6.45) is 1.28. The van der Waals surface area contributed by atoms with Crippen LogP contribution < -0.4 is 10.2 Å². The molecule has 0 aromatic carbocycles. The van der Waals surface area contributed by atoms with Crippen LogP contribution in [0.3, 0.4) is 0 Å². The molecule has 0 saturated carbocycles. The minimum absolute atomic E-state index is 0.143. The monoisotopic (exact) mass is 457 g/mol. The smallest absolute Gasteiger partial charge is 0.156 e. The molecule has 4 heterocycles.